The topological polar surface area (TPSA) is 48.5 Å². The van der Waals surface area contributed by atoms with Gasteiger partial charge in [-0.1, -0.05) is 6.58 Å². The molecule has 12 heavy (non-hydrogen) atoms. The number of amidine groups is 1. The molecule has 0 aromatic carbocycles. The van der Waals surface area contributed by atoms with Crippen molar-refractivity contribution in [1.29, 1.82) is 0 Å². The molecule has 0 bridgehead atoms. The molecule has 0 rings (SSSR count). The zero-order chi connectivity index (χ0) is 9.40. The molecule has 68 valence electrons. The fraction of sp³-hybridized carbons (Fsp3) is 0.375. The second kappa shape index (κ2) is 6.42. The first kappa shape index (κ1) is 10.7. The van der Waals surface area contributed by atoms with E-state index in [2.05, 4.69) is 27.7 Å². The summed E-state index contributed by atoms with van der Waals surface area (Å²) in [6.45, 7) is 5.58. The molecule has 4 heteroatoms. The number of likely N-dealkylation sites (N-methyl/N-ethyl adjacent to an activating group) is 1. The van der Waals surface area contributed by atoms with Gasteiger partial charge in [0.15, 0.2) is 0 Å². The molecule has 0 aromatic rings. The summed E-state index contributed by atoms with van der Waals surface area (Å²) in [7, 11) is 3.60. The molecule has 0 unspecified atom stereocenters. The Morgan fingerprint density at radius 3 is 2.58 bits per heavy atom. The first-order chi connectivity index (χ1) is 5.70. The number of hydrogen-bond donors (Lipinski definition) is 3. The SMILES string of the molecule is C=C(/C=C\N=C(C)NNC)NC. The first-order valence-corrected chi connectivity index (χ1v) is 3.71. The summed E-state index contributed by atoms with van der Waals surface area (Å²) in [5.74, 6) is 0.803. The maximum atomic E-state index is 4.06. The third kappa shape index (κ3) is 5.49. The molecule has 0 saturated carbocycles. The highest BCUT2D eigenvalue weighted by Crippen LogP contribution is 1.85. The molecular weight excluding hydrogens is 152 g/mol. The predicted octanol–water partition coefficient (Wildman–Crippen LogP) is 0.376. The Labute approximate surface area is 73.4 Å². The lowest BCUT2D eigenvalue weighted by Crippen LogP contribution is -2.31. The van der Waals surface area contributed by atoms with Gasteiger partial charge in [0.25, 0.3) is 0 Å². The molecule has 0 atom stereocenters. The van der Waals surface area contributed by atoms with Gasteiger partial charge < -0.3 is 10.7 Å². The van der Waals surface area contributed by atoms with Gasteiger partial charge in [0, 0.05) is 26.0 Å². The van der Waals surface area contributed by atoms with Crippen molar-refractivity contribution in [3.05, 3.63) is 24.6 Å². The Bertz CT molecular complexity index is 193. The average molecular weight is 168 g/mol. The molecule has 0 saturated heterocycles. The van der Waals surface area contributed by atoms with Gasteiger partial charge in [-0.05, 0) is 13.0 Å². The van der Waals surface area contributed by atoms with Crippen molar-refractivity contribution >= 4 is 5.84 Å². The molecule has 0 amide bonds. The average Bonchev–Trinajstić information content (AvgIpc) is 2.04. The van der Waals surface area contributed by atoms with E-state index in [-0.39, 0.29) is 0 Å². The quantitative estimate of drug-likeness (QED) is 0.246. The molecule has 0 aromatic heterocycles. The molecule has 0 aliphatic heterocycles. The highest BCUT2D eigenvalue weighted by molar-refractivity contribution is 5.79. The van der Waals surface area contributed by atoms with E-state index in [0.717, 1.165) is 11.5 Å². The van der Waals surface area contributed by atoms with Crippen molar-refractivity contribution in [2.75, 3.05) is 14.1 Å². The van der Waals surface area contributed by atoms with Gasteiger partial charge in [0.2, 0.25) is 0 Å². The van der Waals surface area contributed by atoms with Crippen molar-refractivity contribution < 1.29 is 0 Å². The smallest absolute Gasteiger partial charge is 0.112 e. The van der Waals surface area contributed by atoms with Crippen molar-refractivity contribution in [1.82, 2.24) is 16.2 Å². The van der Waals surface area contributed by atoms with Crippen molar-refractivity contribution in [2.24, 2.45) is 4.99 Å². The van der Waals surface area contributed by atoms with Gasteiger partial charge >= 0.3 is 0 Å². The number of hydrazine groups is 1. The number of nitrogens with zero attached hydrogens (tertiary/aromatic N) is 1. The Hall–Kier alpha value is -1.29. The minimum absolute atomic E-state index is 0.803. The Morgan fingerprint density at radius 1 is 1.42 bits per heavy atom. The van der Waals surface area contributed by atoms with Crippen LogP contribution in [0.4, 0.5) is 0 Å². The molecule has 0 radical (unpaired) electrons. The zero-order valence-corrected chi connectivity index (χ0v) is 7.81. The van der Waals surface area contributed by atoms with Crippen LogP contribution in [-0.2, 0) is 0 Å². The van der Waals surface area contributed by atoms with Gasteiger partial charge in [-0.25, -0.2) is 10.4 Å². The molecule has 0 aliphatic rings. The number of rotatable bonds is 4. The Morgan fingerprint density at radius 2 is 2.08 bits per heavy atom. The summed E-state index contributed by atoms with van der Waals surface area (Å²) >= 11 is 0. The van der Waals surface area contributed by atoms with Gasteiger partial charge in [-0.2, -0.15) is 0 Å². The third-order valence-corrected chi connectivity index (χ3v) is 1.17. The molecule has 3 N–H and O–H groups in total. The maximum absolute atomic E-state index is 4.06. The summed E-state index contributed by atoms with van der Waals surface area (Å²) in [6, 6.07) is 0. The lowest BCUT2D eigenvalue weighted by Gasteiger charge is -1.99. The van der Waals surface area contributed by atoms with Crippen LogP contribution in [0.5, 0.6) is 0 Å². The zero-order valence-electron chi connectivity index (χ0n) is 7.81. The van der Waals surface area contributed by atoms with Crippen molar-refractivity contribution in [2.45, 2.75) is 6.92 Å². The lowest BCUT2D eigenvalue weighted by molar-refractivity contribution is 0.765. The standard InChI is InChI=1S/C8H16N4/c1-7(9-3)5-6-11-8(2)12-10-4/h5-6,9-10H,1H2,2-4H3,(H,11,12)/b6-5-. The van der Waals surface area contributed by atoms with Crippen LogP contribution in [0.25, 0.3) is 0 Å². The molecule has 4 nitrogen and oxygen atoms in total. The van der Waals surface area contributed by atoms with Crippen LogP contribution in [0, 0.1) is 0 Å². The van der Waals surface area contributed by atoms with E-state index in [0.29, 0.717) is 0 Å². The van der Waals surface area contributed by atoms with E-state index < -0.39 is 0 Å². The molecular formula is C8H16N4. The normalized spacial score (nSPS) is 11.8. The highest BCUT2D eigenvalue weighted by atomic mass is 15.4. The van der Waals surface area contributed by atoms with Crippen molar-refractivity contribution in [3.63, 3.8) is 0 Å². The minimum atomic E-state index is 0.803. The Kier molecular flexibility index (Phi) is 5.73. The molecule has 0 heterocycles. The van der Waals surface area contributed by atoms with Crippen LogP contribution in [0.3, 0.4) is 0 Å². The van der Waals surface area contributed by atoms with Crippen LogP contribution in [0.1, 0.15) is 6.92 Å². The number of allylic oxidation sites excluding steroid dienone is 1. The van der Waals surface area contributed by atoms with E-state index in [1.54, 1.807) is 19.3 Å². The molecule has 0 fully saturated rings. The fourth-order valence-corrected chi connectivity index (χ4v) is 0.536. The monoisotopic (exact) mass is 168 g/mol. The van der Waals surface area contributed by atoms with Gasteiger partial charge in [0.1, 0.15) is 5.84 Å². The summed E-state index contributed by atoms with van der Waals surface area (Å²) in [5.41, 5.74) is 6.43. The summed E-state index contributed by atoms with van der Waals surface area (Å²) in [5, 5.41) is 2.88. The van der Waals surface area contributed by atoms with Gasteiger partial charge in [-0.3, -0.25) is 0 Å². The van der Waals surface area contributed by atoms with Crippen LogP contribution >= 0.6 is 0 Å². The second-order valence-corrected chi connectivity index (χ2v) is 2.18. The molecule has 0 spiro atoms. The largest absolute Gasteiger partial charge is 0.389 e. The van der Waals surface area contributed by atoms with Crippen molar-refractivity contribution in [3.8, 4) is 0 Å². The van der Waals surface area contributed by atoms with E-state index in [4.69, 9.17) is 0 Å². The Balaban J connectivity index is 3.85. The van der Waals surface area contributed by atoms with Crippen LogP contribution in [0.2, 0.25) is 0 Å². The first-order valence-electron chi connectivity index (χ1n) is 3.71. The van der Waals surface area contributed by atoms with Gasteiger partial charge in [0.05, 0.1) is 0 Å². The predicted molar refractivity (Wildman–Crippen MR) is 52.6 cm³/mol. The summed E-state index contributed by atoms with van der Waals surface area (Å²) in [4.78, 5) is 4.06. The maximum Gasteiger partial charge on any atom is 0.112 e. The van der Waals surface area contributed by atoms with E-state index >= 15 is 0 Å². The second-order valence-electron chi connectivity index (χ2n) is 2.18. The number of aliphatic imine (C=N–C) groups is 1. The van der Waals surface area contributed by atoms with E-state index in [1.807, 2.05) is 14.0 Å². The number of hydrogen-bond acceptors (Lipinski definition) is 3. The molecule has 0 aliphatic carbocycles. The summed E-state index contributed by atoms with van der Waals surface area (Å²) < 4.78 is 0. The van der Waals surface area contributed by atoms with Gasteiger partial charge in [-0.15, -0.1) is 0 Å². The lowest BCUT2D eigenvalue weighted by atomic mass is 10.5. The third-order valence-electron chi connectivity index (χ3n) is 1.17. The minimum Gasteiger partial charge on any atom is -0.389 e. The fourth-order valence-electron chi connectivity index (χ4n) is 0.536. The highest BCUT2D eigenvalue weighted by Gasteiger charge is 1.81. The summed E-state index contributed by atoms with van der Waals surface area (Å²) in [6.07, 6.45) is 3.47. The van der Waals surface area contributed by atoms with Crippen LogP contribution in [-0.4, -0.2) is 19.9 Å². The van der Waals surface area contributed by atoms with Crippen LogP contribution < -0.4 is 16.2 Å². The van der Waals surface area contributed by atoms with Crippen LogP contribution in [0.15, 0.2) is 29.5 Å². The number of nitrogens with one attached hydrogen (secondary N) is 3. The van der Waals surface area contributed by atoms with E-state index in [1.165, 1.54) is 0 Å². The van der Waals surface area contributed by atoms with E-state index in [9.17, 15) is 0 Å².